The minimum atomic E-state index is -0.799. The average molecular weight is 1940 g/mol. The number of benzene rings is 4. The number of aryl methyl sites for hydroxylation is 2. The van der Waals surface area contributed by atoms with Crippen molar-refractivity contribution in [3.8, 4) is 11.1 Å². The van der Waals surface area contributed by atoms with Gasteiger partial charge in [-0.15, -0.1) is 23.2 Å². The predicted octanol–water partition coefficient (Wildman–Crippen LogP) is 17.0. The molecule has 0 saturated carbocycles. The topological polar surface area (TPSA) is 218 Å². The number of nitrogens with two attached hydrogens (primary N) is 1. The van der Waals surface area contributed by atoms with Gasteiger partial charge in [-0.25, -0.2) is 18.2 Å². The van der Waals surface area contributed by atoms with Crippen molar-refractivity contribution in [2.24, 2.45) is 14.1 Å². The number of nitrogen functional groups attached to an aromatic ring is 1. The van der Waals surface area contributed by atoms with Gasteiger partial charge in [0.1, 0.15) is 24.3 Å². The van der Waals surface area contributed by atoms with E-state index >= 15 is 0 Å². The Kier molecular flexibility index (Phi) is 39.0. The number of rotatable bonds is 14. The summed E-state index contributed by atoms with van der Waals surface area (Å²) in [4.78, 5) is 65.7. The number of nitrogens with zero attached hydrogens (tertiary/aromatic N) is 10. The maximum absolute atomic E-state index is 13.2. The van der Waals surface area contributed by atoms with E-state index in [2.05, 4.69) is 134 Å². The first-order chi connectivity index (χ1) is 49.5. The third-order valence-electron chi connectivity index (χ3n) is 16.9. The Hall–Kier alpha value is -5.16. The maximum atomic E-state index is 13.2. The summed E-state index contributed by atoms with van der Waals surface area (Å²) in [6, 6.07) is 31.8. The van der Waals surface area contributed by atoms with Crippen molar-refractivity contribution < 1.29 is 41.7 Å². The highest BCUT2D eigenvalue weighted by Crippen LogP contribution is 2.36. The Bertz CT molecular complexity index is 4440. The number of halogens is 11. The lowest BCUT2D eigenvalue weighted by Crippen LogP contribution is -2.41. The van der Waals surface area contributed by atoms with E-state index in [1.54, 1.807) is 40.3 Å². The van der Waals surface area contributed by atoms with E-state index in [9.17, 15) is 32.3 Å². The molecular weight excluding hydrogens is 1840 g/mol. The molecule has 4 aliphatic heterocycles. The molecule has 0 radical (unpaired) electrons. The van der Waals surface area contributed by atoms with Crippen LogP contribution in [0.15, 0.2) is 160 Å². The highest BCUT2D eigenvalue weighted by atomic mass is 127. The average Bonchev–Trinajstić information content (AvgIpc) is 1.62. The summed E-state index contributed by atoms with van der Waals surface area (Å²) < 4.78 is 57.8. The van der Waals surface area contributed by atoms with Crippen LogP contribution in [-0.2, 0) is 61.8 Å². The fourth-order valence-electron chi connectivity index (χ4n) is 11.0. The lowest BCUT2D eigenvalue weighted by molar-refractivity contribution is -0.120. The standard InChI is InChI=1S/C20H21FN4O.C16H16BrFN2O.C12H9BrClNO.C10H17BN2O2.C9H7BrN2.C4H8FN.C2H2Cl2O.CH2I2.2CH4/c1-24-11-17(10-23-24)14-2-3-15-9-22-19(7-16(15)6-14)8-20(26)13-25-5-4-18(21)12-25;17-13-2-1-11-8-19-15(6-12(11)5-13)7-16(21)10-20-4-3-14(18)9-20;13-10-2-1-8-7-15-11(4-9(8)3-10)5-12(16)6-14;1-9(2)10(3,4)15-11(14-9)8-6-12-13(5)7-8;10-8-2-1-6-5-12-9(11)4-7(6)3-8;5-4-1-2-6-3-4;3-1-2(4)5;2-1-3;;/h2-3,6-7,9-11,18H,4-5,8,12-13H2,1H3;1-2,5-6,8,14H,3-4,7,9-10H2;1-4,7H,5-6H2;6-7H,1-5H3;1-5H,(H2,11,12);4,6H,1-3H2;1H2;1H2;2*1H4/t18-;14-;;;;4-;;;;/m11...1..../s1. The second-order valence-electron chi connectivity index (χ2n) is 25.8. The molecule has 570 valence electrons. The maximum Gasteiger partial charge on any atom is 0.498 e. The van der Waals surface area contributed by atoms with Crippen molar-refractivity contribution in [3.05, 3.63) is 177 Å². The van der Waals surface area contributed by atoms with E-state index in [1.807, 2.05) is 161 Å². The molecule has 3 N–H and O–H groups in total. The zero-order chi connectivity index (χ0) is 75.7. The predicted molar refractivity (Wildman–Crippen MR) is 455 cm³/mol. The lowest BCUT2D eigenvalue weighted by Gasteiger charge is -2.32. The number of alkyl halides is 7. The van der Waals surface area contributed by atoms with Crippen LogP contribution < -0.4 is 16.5 Å². The number of aromatic nitrogens is 8. The molecule has 106 heavy (non-hydrogen) atoms. The molecular formula is C76H90BBr3Cl3F3I2N12O6. The third kappa shape index (κ3) is 30.3. The summed E-state index contributed by atoms with van der Waals surface area (Å²) in [5.74, 6) is 0.657. The molecule has 0 unspecified atom stereocenters. The molecule has 10 heterocycles. The summed E-state index contributed by atoms with van der Waals surface area (Å²) >= 11 is 29.8. The minimum absolute atomic E-state index is 0. The number of hydrogen-bond donors (Lipinski definition) is 2. The van der Waals surface area contributed by atoms with E-state index in [1.165, 1.54) is 2.43 Å². The molecule has 18 nitrogen and oxygen atoms in total. The fourth-order valence-corrected chi connectivity index (χ4v) is 12.2. The number of anilines is 1. The molecule has 4 saturated heterocycles. The van der Waals surface area contributed by atoms with Gasteiger partial charge in [-0.05, 0) is 159 Å². The summed E-state index contributed by atoms with van der Waals surface area (Å²) in [7, 11) is 3.47. The number of likely N-dealkylation sites (tertiary alicyclic amines) is 2. The van der Waals surface area contributed by atoms with Gasteiger partial charge in [-0.2, -0.15) is 10.2 Å². The second kappa shape index (κ2) is 45.2. The number of fused-ring (bicyclic) bond motifs is 4. The number of pyridine rings is 4. The molecule has 30 heteroatoms. The van der Waals surface area contributed by atoms with Crippen LogP contribution in [0.5, 0.6) is 0 Å². The highest BCUT2D eigenvalue weighted by Gasteiger charge is 2.52. The number of hydrogen-bond acceptors (Lipinski definition) is 16. The SMILES string of the molecule is C.C.Cn1cc(-c2ccc3cnc(CC(=O)CN4CC[C@@H](F)C4)cc3c2)cn1.Cn1cc(B2OC(C)(C)C(C)(C)O2)cn1.F[C@@H]1CCNC1.ICI.Nc1cc2cc(Br)ccc2cn1.O=C(CCl)Cc1cc2cc(Br)ccc2cn1.O=C(Cc1cc2cc(Br)ccc2cn1)CN1CC[C@@H](F)C1.O=C(Cl)CCl. The number of carbonyl (C=O) groups excluding carboxylic acids is 4. The van der Waals surface area contributed by atoms with Crippen molar-refractivity contribution in [3.63, 3.8) is 0 Å². The molecule has 4 aromatic carbocycles. The molecule has 4 fully saturated rings. The molecule has 0 aliphatic carbocycles. The zero-order valence-electron chi connectivity index (χ0n) is 58.3. The van der Waals surface area contributed by atoms with Gasteiger partial charge in [0.05, 0.1) is 57.5 Å². The summed E-state index contributed by atoms with van der Waals surface area (Å²) in [6.07, 6.45) is 15.2. The van der Waals surface area contributed by atoms with E-state index < -0.39 is 23.8 Å². The first kappa shape index (κ1) is 91.5. The van der Waals surface area contributed by atoms with Gasteiger partial charge in [-0.1, -0.05) is 138 Å². The van der Waals surface area contributed by atoms with Crippen molar-refractivity contribution in [1.82, 2.24) is 54.6 Å². The van der Waals surface area contributed by atoms with Gasteiger partial charge < -0.3 is 20.4 Å². The molecule has 0 bridgehead atoms. The summed E-state index contributed by atoms with van der Waals surface area (Å²) in [5, 5.41) is 19.3. The largest absolute Gasteiger partial charge is 0.498 e. The highest BCUT2D eigenvalue weighted by molar-refractivity contribution is 14.2. The lowest BCUT2D eigenvalue weighted by atomic mass is 9.82. The minimum Gasteiger partial charge on any atom is -0.399 e. The van der Waals surface area contributed by atoms with Gasteiger partial charge in [0, 0.05) is 160 Å². The molecule has 14 rings (SSSR count). The van der Waals surface area contributed by atoms with Crippen molar-refractivity contribution in [1.29, 1.82) is 0 Å². The van der Waals surface area contributed by atoms with Gasteiger partial charge in [0.25, 0.3) is 0 Å². The van der Waals surface area contributed by atoms with Gasteiger partial charge >= 0.3 is 7.12 Å². The quantitative estimate of drug-likeness (QED) is 0.0447. The van der Waals surface area contributed by atoms with Gasteiger partial charge in [0.2, 0.25) is 5.24 Å². The normalized spacial score (nSPS) is 16.8. The fraction of sp³-hybridized carbons (Fsp3) is 0.395. The molecule has 0 amide bonds. The summed E-state index contributed by atoms with van der Waals surface area (Å²) in [6.45, 7) is 12.3. The van der Waals surface area contributed by atoms with Crippen LogP contribution in [0.4, 0.5) is 19.0 Å². The Balaban J connectivity index is 0.000000230. The number of ketones is 3. The molecule has 10 aromatic rings. The van der Waals surface area contributed by atoms with Gasteiger partial charge in [-0.3, -0.25) is 53.3 Å². The smallest absolute Gasteiger partial charge is 0.399 e. The van der Waals surface area contributed by atoms with Crippen LogP contribution in [0.25, 0.3) is 54.2 Å². The van der Waals surface area contributed by atoms with Crippen molar-refractivity contribution in [2.75, 3.05) is 72.3 Å². The van der Waals surface area contributed by atoms with Crippen LogP contribution in [0.3, 0.4) is 0 Å². The van der Waals surface area contributed by atoms with Crippen molar-refractivity contribution in [2.45, 2.75) is 111 Å². The number of Topliss-reactive ketones (excluding diaryl/α,β-unsaturated/α-hetero) is 3. The van der Waals surface area contributed by atoms with E-state index in [0.29, 0.717) is 83.7 Å². The van der Waals surface area contributed by atoms with E-state index in [4.69, 9.17) is 49.8 Å². The Morgan fingerprint density at radius 3 is 1.32 bits per heavy atom. The first-order valence-corrected chi connectivity index (χ1v) is 40.0. The number of carbonyl (C=O) groups is 4. The second-order valence-corrected chi connectivity index (χ2v) is 34.0. The van der Waals surface area contributed by atoms with Gasteiger partial charge in [0.15, 0.2) is 17.3 Å². The van der Waals surface area contributed by atoms with E-state index in [-0.39, 0.29) is 68.7 Å². The molecule has 0 spiro atoms. The number of nitrogens with one attached hydrogen (secondary N) is 1. The van der Waals surface area contributed by atoms with Crippen LogP contribution in [-0.4, -0.2) is 175 Å². The van der Waals surface area contributed by atoms with E-state index in [0.717, 1.165) is 96.7 Å². The van der Waals surface area contributed by atoms with Crippen molar-refractivity contribution >= 4 is 212 Å². The summed E-state index contributed by atoms with van der Waals surface area (Å²) in [5.41, 5.74) is 10.4. The van der Waals surface area contributed by atoms with Crippen LogP contribution >= 0.6 is 128 Å². The van der Waals surface area contributed by atoms with Crippen LogP contribution in [0, 0.1) is 0 Å². The Labute approximate surface area is 687 Å². The Morgan fingerprint density at radius 1 is 0.557 bits per heavy atom. The third-order valence-corrected chi connectivity index (χ3v) is 19.2. The first-order valence-electron chi connectivity index (χ1n) is 33.2. The van der Waals surface area contributed by atoms with Crippen LogP contribution in [0.2, 0.25) is 0 Å². The molecule has 3 atom stereocenters. The molecule has 6 aromatic heterocycles. The zero-order valence-corrected chi connectivity index (χ0v) is 69.7. The molecule has 4 aliphatic rings. The monoisotopic (exact) mass is 1930 g/mol. The van der Waals surface area contributed by atoms with Crippen LogP contribution in [0.1, 0.15) is 78.9 Å². The Morgan fingerprint density at radius 2 is 0.962 bits per heavy atom.